The topological polar surface area (TPSA) is 108 Å². The Morgan fingerprint density at radius 2 is 1.31 bits per heavy atom. The Balaban J connectivity index is 0.000000230. The highest BCUT2D eigenvalue weighted by atomic mass is 35.5. The quantitative estimate of drug-likeness (QED) is 0.500. The Morgan fingerprint density at radius 1 is 0.821 bits per heavy atom. The van der Waals surface area contributed by atoms with Gasteiger partial charge < -0.3 is 19.9 Å². The van der Waals surface area contributed by atoms with Gasteiger partial charge in [0.15, 0.2) is 0 Å². The van der Waals surface area contributed by atoms with Crippen molar-refractivity contribution in [3.05, 3.63) is 44.9 Å². The molecule has 0 bridgehead atoms. The molecule has 2 aromatic heterocycles. The number of carbonyl (C=O) groups is 3. The van der Waals surface area contributed by atoms with Crippen LogP contribution >= 0.6 is 46.4 Å². The number of anilines is 2. The fourth-order valence-corrected chi connectivity index (χ4v) is 5.07. The molecule has 0 aliphatic carbocycles. The molecule has 0 spiro atoms. The predicted molar refractivity (Wildman–Crippen MR) is 153 cm³/mol. The van der Waals surface area contributed by atoms with Gasteiger partial charge in [-0.25, -0.2) is 4.79 Å². The Kier molecular flexibility index (Phi) is 11.0. The van der Waals surface area contributed by atoms with E-state index in [1.807, 2.05) is 0 Å². The first-order valence-electron chi connectivity index (χ1n) is 12.3. The molecule has 1 N–H and O–H groups in total. The van der Waals surface area contributed by atoms with E-state index in [0.29, 0.717) is 64.1 Å². The van der Waals surface area contributed by atoms with E-state index in [0.717, 1.165) is 13.0 Å². The molecule has 2 saturated heterocycles. The summed E-state index contributed by atoms with van der Waals surface area (Å²) >= 11 is 24.3. The van der Waals surface area contributed by atoms with Crippen molar-refractivity contribution in [3.8, 4) is 0 Å². The zero-order valence-electron chi connectivity index (χ0n) is 21.8. The minimum Gasteiger partial charge on any atom is -0.444 e. The Hall–Kier alpha value is -2.37. The summed E-state index contributed by atoms with van der Waals surface area (Å²) in [6.07, 6.45) is 6.84. The van der Waals surface area contributed by atoms with Crippen LogP contribution in [0.1, 0.15) is 33.6 Å². The van der Waals surface area contributed by atoms with E-state index < -0.39 is 11.7 Å². The molecular weight excluding hydrogens is 590 g/mol. The molecule has 10 nitrogen and oxygen atoms in total. The Bertz CT molecular complexity index is 1170. The third kappa shape index (κ3) is 8.56. The van der Waals surface area contributed by atoms with Gasteiger partial charge in [-0.2, -0.15) is 0 Å². The highest BCUT2D eigenvalue weighted by molar-refractivity contribution is 6.40. The van der Waals surface area contributed by atoms with E-state index in [1.165, 1.54) is 34.6 Å². The molecule has 0 saturated carbocycles. The summed E-state index contributed by atoms with van der Waals surface area (Å²) in [6, 6.07) is 0. The zero-order chi connectivity index (χ0) is 28.7. The molecule has 0 atom stereocenters. The van der Waals surface area contributed by atoms with Crippen molar-refractivity contribution in [1.29, 1.82) is 0 Å². The average Bonchev–Trinajstić information content (AvgIpc) is 3.17. The number of hydrogen-bond acceptors (Lipinski definition) is 7. The fraction of sp³-hybridized carbons (Fsp3) is 0.480. The molecular formula is C25H30Cl4N6O4. The van der Waals surface area contributed by atoms with E-state index in [4.69, 9.17) is 51.1 Å². The van der Waals surface area contributed by atoms with Crippen LogP contribution in [0.15, 0.2) is 24.8 Å². The molecule has 2 aliphatic rings. The lowest BCUT2D eigenvalue weighted by Gasteiger charge is -2.26. The molecule has 3 amide bonds. The van der Waals surface area contributed by atoms with Gasteiger partial charge in [-0.15, -0.1) is 0 Å². The summed E-state index contributed by atoms with van der Waals surface area (Å²) < 4.78 is 5.32. The molecule has 2 fully saturated rings. The third-order valence-corrected chi connectivity index (χ3v) is 6.70. The lowest BCUT2D eigenvalue weighted by Crippen LogP contribution is -2.42. The second-order valence-electron chi connectivity index (χ2n) is 9.78. The summed E-state index contributed by atoms with van der Waals surface area (Å²) in [5, 5.41) is 4.46. The smallest absolute Gasteiger partial charge is 0.410 e. The van der Waals surface area contributed by atoms with E-state index >= 15 is 0 Å². The van der Waals surface area contributed by atoms with Crippen molar-refractivity contribution in [2.45, 2.75) is 39.2 Å². The maximum atomic E-state index is 12.5. The molecule has 212 valence electrons. The number of aromatic nitrogens is 2. The summed E-state index contributed by atoms with van der Waals surface area (Å²) in [7, 11) is 0. The molecule has 14 heteroatoms. The van der Waals surface area contributed by atoms with Crippen LogP contribution in [0.25, 0.3) is 0 Å². The first-order valence-corrected chi connectivity index (χ1v) is 13.8. The molecule has 4 rings (SSSR count). The highest BCUT2D eigenvalue weighted by Crippen LogP contribution is 2.34. The number of carbonyl (C=O) groups excluding carboxylic acids is 3. The summed E-state index contributed by atoms with van der Waals surface area (Å²) in [5.74, 6) is -0.282. The zero-order valence-corrected chi connectivity index (χ0v) is 24.9. The van der Waals surface area contributed by atoms with Gasteiger partial charge >= 0.3 is 6.09 Å². The number of nitrogens with zero attached hydrogens (tertiary/aromatic N) is 5. The lowest BCUT2D eigenvalue weighted by molar-refractivity contribution is -0.119. The molecule has 0 unspecified atom stereocenters. The lowest BCUT2D eigenvalue weighted by atomic mass is 10.2. The largest absolute Gasteiger partial charge is 0.444 e. The number of nitrogens with one attached hydrogen (secondary N) is 1. The number of pyridine rings is 2. The SMILES string of the molecule is CC(C)(C)OC(=O)N1CCCN(c2c(Cl)cncc2Cl)C(=O)C1.O=C1CNCCCN1c1c(Cl)cncc1Cl. The van der Waals surface area contributed by atoms with Crippen molar-refractivity contribution >= 4 is 75.7 Å². The number of halogens is 4. The molecule has 39 heavy (non-hydrogen) atoms. The first-order chi connectivity index (χ1) is 18.4. The standard InChI is InChI=1S/C15H19Cl2N3O3.C10H11Cl2N3O/c1-15(2,3)23-14(22)19-5-4-6-20(12(21)9-19)13-10(16)7-18-8-11(13)17;11-7-4-14-5-8(12)10(7)15-3-1-2-13-6-9(15)16/h7-8H,4-6,9H2,1-3H3;4-5,13H,1-3,6H2. The van der Waals surface area contributed by atoms with Gasteiger partial charge in [0.1, 0.15) is 12.1 Å². The van der Waals surface area contributed by atoms with Gasteiger partial charge in [-0.05, 0) is 40.2 Å². The molecule has 2 aliphatic heterocycles. The summed E-state index contributed by atoms with van der Waals surface area (Å²) in [4.78, 5) is 48.8. The summed E-state index contributed by atoms with van der Waals surface area (Å²) in [6.45, 7) is 7.88. The van der Waals surface area contributed by atoms with E-state index in [2.05, 4.69) is 15.3 Å². The van der Waals surface area contributed by atoms with Crippen molar-refractivity contribution < 1.29 is 19.1 Å². The van der Waals surface area contributed by atoms with Crippen LogP contribution in [-0.4, -0.2) is 77.6 Å². The van der Waals surface area contributed by atoms with E-state index in [9.17, 15) is 14.4 Å². The van der Waals surface area contributed by atoms with Crippen molar-refractivity contribution in [2.24, 2.45) is 0 Å². The second-order valence-corrected chi connectivity index (χ2v) is 11.4. The normalized spacial score (nSPS) is 16.7. The van der Waals surface area contributed by atoms with Crippen LogP contribution in [0.5, 0.6) is 0 Å². The summed E-state index contributed by atoms with van der Waals surface area (Å²) in [5.41, 5.74) is 0.385. The van der Waals surface area contributed by atoms with Gasteiger partial charge in [0.05, 0.1) is 38.0 Å². The van der Waals surface area contributed by atoms with Crippen molar-refractivity contribution in [1.82, 2.24) is 20.2 Å². The first kappa shape index (κ1) is 31.2. The van der Waals surface area contributed by atoms with E-state index in [1.54, 1.807) is 25.7 Å². The minimum absolute atomic E-state index is 0.0208. The fourth-order valence-electron chi connectivity index (χ4n) is 3.93. The van der Waals surface area contributed by atoms with Crippen molar-refractivity contribution in [2.75, 3.05) is 49.1 Å². The van der Waals surface area contributed by atoms with Crippen LogP contribution in [0, 0.1) is 0 Å². The Morgan fingerprint density at radius 3 is 1.82 bits per heavy atom. The second kappa shape index (κ2) is 13.8. The maximum absolute atomic E-state index is 12.5. The van der Waals surface area contributed by atoms with Gasteiger partial charge in [-0.3, -0.25) is 24.5 Å². The molecule has 4 heterocycles. The van der Waals surface area contributed by atoms with E-state index in [-0.39, 0.29) is 18.4 Å². The highest BCUT2D eigenvalue weighted by Gasteiger charge is 2.30. The molecule has 0 aromatic carbocycles. The number of hydrogen-bond donors (Lipinski definition) is 1. The third-order valence-electron chi connectivity index (χ3n) is 5.60. The number of ether oxygens (including phenoxy) is 1. The maximum Gasteiger partial charge on any atom is 0.410 e. The van der Waals surface area contributed by atoms with Gasteiger partial charge in [-0.1, -0.05) is 46.4 Å². The average molecular weight is 620 g/mol. The van der Waals surface area contributed by atoms with Crippen molar-refractivity contribution in [3.63, 3.8) is 0 Å². The van der Waals surface area contributed by atoms with Crippen LogP contribution in [0.2, 0.25) is 20.1 Å². The minimum atomic E-state index is -0.607. The van der Waals surface area contributed by atoms with Gasteiger partial charge in [0.2, 0.25) is 11.8 Å². The number of rotatable bonds is 2. The van der Waals surface area contributed by atoms with Crippen LogP contribution < -0.4 is 15.1 Å². The van der Waals surface area contributed by atoms with Gasteiger partial charge in [0.25, 0.3) is 0 Å². The van der Waals surface area contributed by atoms with Crippen LogP contribution in [-0.2, 0) is 14.3 Å². The van der Waals surface area contributed by atoms with Crippen LogP contribution in [0.4, 0.5) is 16.2 Å². The Labute approximate surface area is 247 Å². The predicted octanol–water partition coefficient (Wildman–Crippen LogP) is 5.08. The molecule has 2 aromatic rings. The van der Waals surface area contributed by atoms with Gasteiger partial charge in [0, 0.05) is 44.4 Å². The molecule has 0 radical (unpaired) electrons. The number of amides is 3. The van der Waals surface area contributed by atoms with Crippen LogP contribution in [0.3, 0.4) is 0 Å². The monoisotopic (exact) mass is 618 g/mol.